The fourth-order valence-electron chi connectivity index (χ4n) is 7.01. The second kappa shape index (κ2) is 16.8. The van der Waals surface area contributed by atoms with E-state index in [0.717, 1.165) is 50.6 Å². The van der Waals surface area contributed by atoms with Crippen LogP contribution >= 0.6 is 11.3 Å². The maximum absolute atomic E-state index is 14.0. The quantitative estimate of drug-likeness (QED) is 0.204. The molecule has 1 N–H and O–H groups in total. The van der Waals surface area contributed by atoms with E-state index in [9.17, 15) is 19.2 Å². The number of ether oxygens (including phenoxy) is 1. The molecule has 2 heterocycles. The number of carbonyl (C=O) groups is 4. The minimum absolute atomic E-state index is 0.0180. The fraction of sp³-hybridized carbons (Fsp3) is 0.649. The van der Waals surface area contributed by atoms with Crippen LogP contribution in [0.5, 0.6) is 0 Å². The predicted molar refractivity (Wildman–Crippen MR) is 185 cm³/mol. The lowest BCUT2D eigenvalue weighted by Gasteiger charge is -2.36. The third-order valence-corrected chi connectivity index (χ3v) is 10.6. The maximum atomic E-state index is 14.0. The molecule has 2 fully saturated rings. The van der Waals surface area contributed by atoms with Crippen molar-refractivity contribution >= 4 is 34.9 Å². The average Bonchev–Trinajstić information content (AvgIpc) is 3.55. The zero-order chi connectivity index (χ0) is 34.2. The number of amides is 2. The molecule has 9 nitrogen and oxygen atoms in total. The summed E-state index contributed by atoms with van der Waals surface area (Å²) in [5.41, 5.74) is 1.45. The van der Waals surface area contributed by atoms with Gasteiger partial charge in [0.05, 0.1) is 6.04 Å². The Hall–Kier alpha value is -3.11. The second-order valence-electron chi connectivity index (χ2n) is 14.4. The van der Waals surface area contributed by atoms with E-state index in [1.54, 1.807) is 10.3 Å². The largest absolute Gasteiger partial charge is 0.455 e. The Morgan fingerprint density at radius 3 is 2.34 bits per heavy atom. The molecule has 2 aromatic rings. The van der Waals surface area contributed by atoms with E-state index < -0.39 is 12.1 Å². The highest BCUT2D eigenvalue weighted by molar-refractivity contribution is 7.09. The number of ketones is 1. The van der Waals surface area contributed by atoms with E-state index >= 15 is 0 Å². The smallest absolute Gasteiger partial charge is 0.303 e. The first-order valence-electron chi connectivity index (χ1n) is 17.3. The molecule has 1 saturated heterocycles. The van der Waals surface area contributed by atoms with Gasteiger partial charge in [0.1, 0.15) is 10.7 Å². The van der Waals surface area contributed by atoms with E-state index in [1.807, 2.05) is 46.1 Å². The maximum Gasteiger partial charge on any atom is 0.303 e. The van der Waals surface area contributed by atoms with Crippen molar-refractivity contribution in [2.45, 2.75) is 110 Å². The van der Waals surface area contributed by atoms with Gasteiger partial charge in [0, 0.05) is 50.2 Å². The van der Waals surface area contributed by atoms with Crippen molar-refractivity contribution in [3.63, 3.8) is 0 Å². The van der Waals surface area contributed by atoms with Crippen molar-refractivity contribution in [2.75, 3.05) is 20.6 Å². The van der Waals surface area contributed by atoms with Gasteiger partial charge >= 0.3 is 5.97 Å². The number of carbonyl (C=O) groups excluding carboxylic acids is 4. The zero-order valence-electron chi connectivity index (χ0n) is 29.2. The van der Waals surface area contributed by atoms with Gasteiger partial charge in [-0.1, -0.05) is 58.0 Å². The summed E-state index contributed by atoms with van der Waals surface area (Å²) in [6.07, 6.45) is 5.24. The average molecular weight is 667 g/mol. The lowest BCUT2D eigenvalue weighted by atomic mass is 9.90. The number of Topliss-reactive ketones (excluding diaryl/α,β-unsaturated/α-hetero) is 1. The van der Waals surface area contributed by atoms with Gasteiger partial charge in [-0.2, -0.15) is 0 Å². The second-order valence-corrected chi connectivity index (χ2v) is 15.3. The van der Waals surface area contributed by atoms with Crippen molar-refractivity contribution < 1.29 is 23.9 Å². The number of benzene rings is 1. The minimum atomic E-state index is -0.717. The van der Waals surface area contributed by atoms with E-state index in [4.69, 9.17) is 4.74 Å². The highest BCUT2D eigenvalue weighted by atomic mass is 32.1. The zero-order valence-corrected chi connectivity index (χ0v) is 30.1. The van der Waals surface area contributed by atoms with Gasteiger partial charge in [-0.25, -0.2) is 4.98 Å². The molecule has 1 aliphatic carbocycles. The number of aromatic nitrogens is 1. The molecule has 1 aromatic heterocycles. The monoisotopic (exact) mass is 666 g/mol. The van der Waals surface area contributed by atoms with Gasteiger partial charge in [0.15, 0.2) is 11.9 Å². The van der Waals surface area contributed by atoms with E-state index in [-0.39, 0.29) is 59.9 Å². The number of hydrogen-bond donors (Lipinski definition) is 1. The van der Waals surface area contributed by atoms with Crippen molar-refractivity contribution in [1.82, 2.24) is 20.1 Å². The summed E-state index contributed by atoms with van der Waals surface area (Å²) in [5, 5.41) is 5.42. The number of nitrogens with one attached hydrogen (secondary N) is 1. The van der Waals surface area contributed by atoms with Crippen LogP contribution in [0.1, 0.15) is 107 Å². The molecular weight excluding hydrogens is 612 g/mol. The molecule has 0 spiro atoms. The molecule has 0 radical (unpaired) electrons. The molecule has 1 aliphatic heterocycles. The molecule has 2 amide bonds. The molecule has 1 saturated carbocycles. The summed E-state index contributed by atoms with van der Waals surface area (Å²) in [7, 11) is 3.80. The van der Waals surface area contributed by atoms with Crippen LogP contribution in [-0.4, -0.2) is 77.1 Å². The standard InChI is InChI=1S/C37H54N4O5S/c1-23(2)18-28(19-26-12-9-8-10-13-26)38-35(44)30-22-47-36(39-30)34(46-25(5)42)21-32(24(3)4)41(7)37(45)29(27-15-16-27)20-33(43)31-14-11-17-40(31)6/h8-10,12-13,22-24,27-29,31-32,34H,11,14-21H2,1-7H3,(H,38,44)/t28-,29+,31-,32-,34-/m1/s1. The highest BCUT2D eigenvalue weighted by Crippen LogP contribution is 2.41. The van der Waals surface area contributed by atoms with Gasteiger partial charge in [-0.15, -0.1) is 11.3 Å². The van der Waals surface area contributed by atoms with Crippen LogP contribution in [0, 0.1) is 23.7 Å². The number of esters is 1. The first-order chi connectivity index (χ1) is 22.3. The van der Waals surface area contributed by atoms with Gasteiger partial charge in [-0.05, 0) is 75.4 Å². The van der Waals surface area contributed by atoms with Crippen LogP contribution in [0.2, 0.25) is 0 Å². The molecule has 4 rings (SSSR count). The number of nitrogens with zero attached hydrogens (tertiary/aromatic N) is 3. The van der Waals surface area contributed by atoms with Crippen LogP contribution < -0.4 is 5.32 Å². The number of thiazole rings is 1. The Balaban J connectivity index is 1.47. The molecular formula is C37H54N4O5S. The van der Waals surface area contributed by atoms with Crippen LogP contribution in [0.25, 0.3) is 0 Å². The molecule has 0 bridgehead atoms. The summed E-state index contributed by atoms with van der Waals surface area (Å²) in [6, 6.07) is 9.70. The Morgan fingerprint density at radius 2 is 1.77 bits per heavy atom. The SMILES string of the molecule is CC(=O)O[C@H](C[C@H](C(C)C)N(C)C(=O)[C@@H](CC(=O)[C@H]1CCCN1C)C1CC1)c1nc(C(=O)N[C@@H](Cc2ccccc2)CC(C)C)cs1. The Labute approximate surface area is 284 Å². The summed E-state index contributed by atoms with van der Waals surface area (Å²) in [5.74, 6) is -0.207. The summed E-state index contributed by atoms with van der Waals surface area (Å²) in [6.45, 7) is 10.7. The van der Waals surface area contributed by atoms with Gasteiger partial charge in [0.2, 0.25) is 5.91 Å². The van der Waals surface area contributed by atoms with Crippen LogP contribution in [-0.2, 0) is 25.5 Å². The summed E-state index contributed by atoms with van der Waals surface area (Å²) in [4.78, 5) is 61.5. The third-order valence-electron chi connectivity index (χ3n) is 9.65. The lowest BCUT2D eigenvalue weighted by molar-refractivity contribution is -0.149. The molecule has 258 valence electrons. The van der Waals surface area contributed by atoms with E-state index in [2.05, 4.69) is 41.2 Å². The van der Waals surface area contributed by atoms with Crippen LogP contribution in [0.15, 0.2) is 35.7 Å². The first kappa shape index (κ1) is 36.7. The number of likely N-dealkylation sites (N-methyl/N-ethyl adjacent to an activating group) is 1. The first-order valence-corrected chi connectivity index (χ1v) is 18.2. The normalized spacial score (nSPS) is 19.3. The number of hydrogen-bond acceptors (Lipinski definition) is 8. The van der Waals surface area contributed by atoms with Crippen LogP contribution in [0.4, 0.5) is 0 Å². The Kier molecular flexibility index (Phi) is 13.1. The van der Waals surface area contributed by atoms with E-state index in [0.29, 0.717) is 23.0 Å². The summed E-state index contributed by atoms with van der Waals surface area (Å²) >= 11 is 1.29. The van der Waals surface area contributed by atoms with Crippen molar-refractivity contribution in [2.24, 2.45) is 23.7 Å². The lowest BCUT2D eigenvalue weighted by Crippen LogP contribution is -2.46. The predicted octanol–water partition coefficient (Wildman–Crippen LogP) is 6.09. The van der Waals surface area contributed by atoms with Gasteiger partial charge in [-0.3, -0.25) is 24.1 Å². The summed E-state index contributed by atoms with van der Waals surface area (Å²) < 4.78 is 5.80. The Morgan fingerprint density at radius 1 is 1.06 bits per heavy atom. The molecule has 5 atom stereocenters. The topological polar surface area (TPSA) is 109 Å². The number of rotatable bonds is 17. The van der Waals surface area contributed by atoms with Crippen molar-refractivity contribution in [3.8, 4) is 0 Å². The van der Waals surface area contributed by atoms with E-state index in [1.165, 1.54) is 18.3 Å². The van der Waals surface area contributed by atoms with Crippen LogP contribution in [0.3, 0.4) is 0 Å². The van der Waals surface area contributed by atoms with Gasteiger partial charge in [0.25, 0.3) is 5.91 Å². The minimum Gasteiger partial charge on any atom is -0.455 e. The fourth-order valence-corrected chi connectivity index (χ4v) is 7.84. The Bertz CT molecular complexity index is 1360. The molecule has 2 aliphatic rings. The highest BCUT2D eigenvalue weighted by Gasteiger charge is 2.42. The third kappa shape index (κ3) is 10.4. The molecule has 47 heavy (non-hydrogen) atoms. The number of likely N-dealkylation sites (tertiary alicyclic amines) is 1. The van der Waals surface area contributed by atoms with Crippen molar-refractivity contribution in [1.29, 1.82) is 0 Å². The van der Waals surface area contributed by atoms with Crippen molar-refractivity contribution in [3.05, 3.63) is 52.0 Å². The molecule has 10 heteroatoms. The van der Waals surface area contributed by atoms with Gasteiger partial charge < -0.3 is 15.0 Å². The molecule has 0 unspecified atom stereocenters. The molecule has 1 aromatic carbocycles.